The lowest BCUT2D eigenvalue weighted by atomic mass is 10.0. The summed E-state index contributed by atoms with van der Waals surface area (Å²) in [5.41, 5.74) is 0.627. The van der Waals surface area contributed by atoms with Crippen LogP contribution in [0.25, 0.3) is 5.65 Å². The zero-order chi connectivity index (χ0) is 13.4. The largest absolute Gasteiger partial charge is 0.372 e. The van der Waals surface area contributed by atoms with Gasteiger partial charge in [-0.15, -0.1) is 0 Å². The quantitative estimate of drug-likeness (QED) is 0.615. The van der Waals surface area contributed by atoms with Gasteiger partial charge in [-0.3, -0.25) is 0 Å². The lowest BCUT2D eigenvalue weighted by Gasteiger charge is -2.32. The third-order valence-corrected chi connectivity index (χ3v) is 3.73. The van der Waals surface area contributed by atoms with Gasteiger partial charge in [-0.1, -0.05) is 6.07 Å². The Hall–Kier alpha value is -2.11. The number of hydrogen-bond acceptors (Lipinski definition) is 4. The molecule has 6 heteroatoms. The van der Waals surface area contributed by atoms with Crippen LogP contribution in [-0.2, 0) is 0 Å². The Morgan fingerprint density at radius 3 is 3.00 bits per heavy atom. The van der Waals surface area contributed by atoms with Gasteiger partial charge in [-0.2, -0.15) is 9.38 Å². The summed E-state index contributed by atoms with van der Waals surface area (Å²) >= 11 is 0. The maximum Gasteiger partial charge on any atom is 0.372 e. The lowest BCUT2D eigenvalue weighted by molar-refractivity contribution is -0.389. The normalized spacial score (nSPS) is 19.8. The van der Waals surface area contributed by atoms with Crippen LogP contribution >= 0.6 is 0 Å². The minimum atomic E-state index is -0.337. The van der Waals surface area contributed by atoms with Crippen LogP contribution in [0.5, 0.6) is 0 Å². The van der Waals surface area contributed by atoms with Crippen LogP contribution in [0.15, 0.2) is 24.4 Å². The van der Waals surface area contributed by atoms with Gasteiger partial charge in [0.15, 0.2) is 0 Å². The van der Waals surface area contributed by atoms with E-state index in [0.717, 1.165) is 19.4 Å². The third-order valence-electron chi connectivity index (χ3n) is 3.73. The fourth-order valence-electron chi connectivity index (χ4n) is 2.75. The number of fused-ring (bicyclic) bond motifs is 1. The third kappa shape index (κ3) is 1.93. The van der Waals surface area contributed by atoms with Gasteiger partial charge >= 0.3 is 5.82 Å². The number of nitrogens with zero attached hydrogens (tertiary/aromatic N) is 4. The molecule has 0 amide bonds. The summed E-state index contributed by atoms with van der Waals surface area (Å²) in [5.74, 6) is 0.577. The summed E-state index contributed by atoms with van der Waals surface area (Å²) in [6.45, 7) is 2.94. The lowest BCUT2D eigenvalue weighted by Crippen LogP contribution is -2.38. The van der Waals surface area contributed by atoms with Gasteiger partial charge in [0.25, 0.3) is 0 Å². The molecule has 0 bridgehead atoms. The number of aromatic nitrogens is 2. The molecule has 2 aromatic rings. The van der Waals surface area contributed by atoms with Gasteiger partial charge < -0.3 is 15.0 Å². The predicted molar refractivity (Wildman–Crippen MR) is 72.5 cm³/mol. The molecule has 0 aliphatic carbocycles. The Labute approximate surface area is 110 Å². The van der Waals surface area contributed by atoms with Crippen molar-refractivity contribution < 1.29 is 4.92 Å². The number of anilines is 1. The van der Waals surface area contributed by atoms with Crippen LogP contribution in [-0.4, -0.2) is 26.9 Å². The molecule has 0 spiro atoms. The van der Waals surface area contributed by atoms with E-state index in [-0.39, 0.29) is 10.7 Å². The zero-order valence-corrected chi connectivity index (χ0v) is 10.8. The fourth-order valence-corrected chi connectivity index (χ4v) is 2.75. The molecular weight excluding hydrogens is 244 g/mol. The van der Waals surface area contributed by atoms with Crippen LogP contribution in [0.1, 0.15) is 26.2 Å². The van der Waals surface area contributed by atoms with Crippen molar-refractivity contribution in [2.75, 3.05) is 11.4 Å². The van der Waals surface area contributed by atoms with E-state index in [4.69, 9.17) is 0 Å². The van der Waals surface area contributed by atoms with E-state index in [1.54, 1.807) is 22.7 Å². The molecule has 1 aliphatic rings. The summed E-state index contributed by atoms with van der Waals surface area (Å²) in [6, 6.07) is 5.73. The molecule has 1 saturated heterocycles. The Morgan fingerprint density at radius 1 is 1.42 bits per heavy atom. The van der Waals surface area contributed by atoms with Crippen molar-refractivity contribution in [1.82, 2.24) is 9.38 Å². The standard InChI is InChI=1S/C13H16N4O2/c1-10-6-2-4-8-15(10)12-13(17(18)19)16-9-5-3-7-11(16)14-12/h3,5,7,9-10H,2,4,6,8H2,1H3. The van der Waals surface area contributed by atoms with Crippen LogP contribution in [0, 0.1) is 10.1 Å². The van der Waals surface area contributed by atoms with Crippen molar-refractivity contribution in [3.63, 3.8) is 0 Å². The molecule has 0 radical (unpaired) electrons. The van der Waals surface area contributed by atoms with E-state index in [1.165, 1.54) is 6.42 Å². The average Bonchev–Trinajstić information content (AvgIpc) is 2.78. The molecule has 19 heavy (non-hydrogen) atoms. The molecule has 1 unspecified atom stereocenters. The summed E-state index contributed by atoms with van der Waals surface area (Å²) < 4.78 is 1.55. The SMILES string of the molecule is CC1CCCCN1c1nc2ccccn2c1[N+](=O)[O-]. The van der Waals surface area contributed by atoms with Gasteiger partial charge in [-0.25, -0.2) is 0 Å². The highest BCUT2D eigenvalue weighted by atomic mass is 16.6. The van der Waals surface area contributed by atoms with Crippen LogP contribution in [0.3, 0.4) is 0 Å². The first kappa shape index (κ1) is 12.0. The van der Waals surface area contributed by atoms with E-state index in [9.17, 15) is 10.1 Å². The minimum absolute atomic E-state index is 0.0735. The van der Waals surface area contributed by atoms with Crippen molar-refractivity contribution in [2.24, 2.45) is 0 Å². The van der Waals surface area contributed by atoms with Crippen molar-refractivity contribution >= 4 is 17.3 Å². The number of nitro groups is 1. The summed E-state index contributed by atoms with van der Waals surface area (Å²) in [4.78, 5) is 17.5. The summed E-state index contributed by atoms with van der Waals surface area (Å²) in [5, 5.41) is 11.4. The maximum atomic E-state index is 11.4. The fraction of sp³-hybridized carbons (Fsp3) is 0.462. The van der Waals surface area contributed by atoms with E-state index in [2.05, 4.69) is 16.8 Å². The van der Waals surface area contributed by atoms with E-state index in [1.807, 2.05) is 6.07 Å². The van der Waals surface area contributed by atoms with Crippen molar-refractivity contribution in [3.05, 3.63) is 34.5 Å². The molecule has 1 aliphatic heterocycles. The summed E-state index contributed by atoms with van der Waals surface area (Å²) in [7, 11) is 0. The number of rotatable bonds is 2. The zero-order valence-electron chi connectivity index (χ0n) is 10.8. The van der Waals surface area contributed by atoms with Crippen LogP contribution in [0.4, 0.5) is 11.6 Å². The molecule has 6 nitrogen and oxygen atoms in total. The Morgan fingerprint density at radius 2 is 2.26 bits per heavy atom. The number of imidazole rings is 1. The number of hydrogen-bond donors (Lipinski definition) is 0. The molecular formula is C13H16N4O2. The van der Waals surface area contributed by atoms with Crippen molar-refractivity contribution in [2.45, 2.75) is 32.2 Å². The monoisotopic (exact) mass is 260 g/mol. The van der Waals surface area contributed by atoms with Crippen LogP contribution in [0.2, 0.25) is 0 Å². The van der Waals surface area contributed by atoms with E-state index in [0.29, 0.717) is 17.5 Å². The Balaban J connectivity index is 2.16. The van der Waals surface area contributed by atoms with Gasteiger partial charge in [0.05, 0.1) is 6.20 Å². The van der Waals surface area contributed by atoms with Crippen molar-refractivity contribution in [3.8, 4) is 0 Å². The second-order valence-corrected chi connectivity index (χ2v) is 4.98. The summed E-state index contributed by atoms with van der Waals surface area (Å²) in [6.07, 6.45) is 5.00. The minimum Gasteiger partial charge on any atom is -0.358 e. The highest BCUT2D eigenvalue weighted by Crippen LogP contribution is 2.32. The molecule has 0 N–H and O–H groups in total. The number of piperidine rings is 1. The molecule has 0 aromatic carbocycles. The topological polar surface area (TPSA) is 63.7 Å². The second-order valence-electron chi connectivity index (χ2n) is 4.98. The second kappa shape index (κ2) is 4.53. The first-order valence-corrected chi connectivity index (χ1v) is 6.56. The van der Waals surface area contributed by atoms with Gasteiger partial charge in [0.2, 0.25) is 11.5 Å². The molecule has 2 aromatic heterocycles. The molecule has 1 atom stereocenters. The van der Waals surface area contributed by atoms with Gasteiger partial charge in [0, 0.05) is 18.7 Å². The van der Waals surface area contributed by atoms with Gasteiger partial charge in [-0.05, 0) is 37.2 Å². The molecule has 0 saturated carbocycles. The van der Waals surface area contributed by atoms with Crippen LogP contribution < -0.4 is 4.90 Å². The molecule has 3 rings (SSSR count). The van der Waals surface area contributed by atoms with E-state index < -0.39 is 0 Å². The Kier molecular flexibility index (Phi) is 2.85. The molecule has 100 valence electrons. The smallest absolute Gasteiger partial charge is 0.358 e. The molecule has 1 fully saturated rings. The average molecular weight is 260 g/mol. The number of pyridine rings is 1. The highest BCUT2D eigenvalue weighted by Gasteiger charge is 2.30. The van der Waals surface area contributed by atoms with Crippen molar-refractivity contribution in [1.29, 1.82) is 0 Å². The maximum absolute atomic E-state index is 11.4. The highest BCUT2D eigenvalue weighted by molar-refractivity contribution is 5.64. The molecule has 3 heterocycles. The predicted octanol–water partition coefficient (Wildman–Crippen LogP) is 2.62. The van der Waals surface area contributed by atoms with Gasteiger partial charge in [0.1, 0.15) is 0 Å². The van der Waals surface area contributed by atoms with E-state index >= 15 is 0 Å². The first-order chi connectivity index (χ1) is 9.18. The first-order valence-electron chi connectivity index (χ1n) is 6.56. The Bertz CT molecular complexity index is 622.